The fraction of sp³-hybridized carbons (Fsp3) is 0.636. The standard InChI is InChI=1S/C22H33N5O2/c1-21(2,3)17-12-19(28)27(14-23-17)13-15-7-9-26(10-8-15)20(29)16-11-18(25-24-16)22(4,5)6/h11-12,14-15H,7-10,13H2,1-6H3,(H,24,25). The molecule has 0 unspecified atom stereocenters. The van der Waals surface area contributed by atoms with Crippen molar-refractivity contribution in [3.05, 3.63) is 45.9 Å². The van der Waals surface area contributed by atoms with Crippen LogP contribution in [0.5, 0.6) is 0 Å². The molecule has 1 amide bonds. The van der Waals surface area contributed by atoms with Crippen molar-refractivity contribution in [3.63, 3.8) is 0 Å². The second kappa shape index (κ2) is 7.76. The predicted molar refractivity (Wildman–Crippen MR) is 113 cm³/mol. The molecule has 0 spiro atoms. The van der Waals surface area contributed by atoms with E-state index in [9.17, 15) is 9.59 Å². The number of aromatic nitrogens is 4. The van der Waals surface area contributed by atoms with E-state index in [0.717, 1.165) is 24.2 Å². The molecule has 1 aliphatic rings. The van der Waals surface area contributed by atoms with Crippen LogP contribution in [0, 0.1) is 5.92 Å². The third-order valence-electron chi connectivity index (χ3n) is 5.61. The minimum atomic E-state index is -0.136. The summed E-state index contributed by atoms with van der Waals surface area (Å²) in [5.41, 5.74) is 2.04. The number of carbonyl (C=O) groups is 1. The number of H-pyrrole nitrogens is 1. The fourth-order valence-corrected chi connectivity index (χ4v) is 3.55. The maximum absolute atomic E-state index is 12.8. The first-order valence-electron chi connectivity index (χ1n) is 10.4. The van der Waals surface area contributed by atoms with Crippen molar-refractivity contribution < 1.29 is 4.79 Å². The molecule has 158 valence electrons. The van der Waals surface area contributed by atoms with Gasteiger partial charge in [0.05, 0.1) is 12.0 Å². The Labute approximate surface area is 172 Å². The summed E-state index contributed by atoms with van der Waals surface area (Å²) in [6, 6.07) is 3.50. The number of piperidine rings is 1. The van der Waals surface area contributed by atoms with Crippen LogP contribution < -0.4 is 5.56 Å². The van der Waals surface area contributed by atoms with E-state index in [1.54, 1.807) is 17.0 Å². The lowest BCUT2D eigenvalue weighted by Crippen LogP contribution is -2.40. The molecule has 29 heavy (non-hydrogen) atoms. The third kappa shape index (κ3) is 4.95. The van der Waals surface area contributed by atoms with Crippen LogP contribution in [0.1, 0.15) is 76.3 Å². The zero-order valence-electron chi connectivity index (χ0n) is 18.5. The predicted octanol–water partition coefficient (Wildman–Crippen LogP) is 3.11. The van der Waals surface area contributed by atoms with Crippen LogP contribution in [-0.2, 0) is 17.4 Å². The molecule has 7 nitrogen and oxygen atoms in total. The Kier molecular flexibility index (Phi) is 5.70. The summed E-state index contributed by atoms with van der Waals surface area (Å²) < 4.78 is 1.70. The Hall–Kier alpha value is -2.44. The van der Waals surface area contributed by atoms with E-state index < -0.39 is 0 Å². The molecule has 7 heteroatoms. The molecule has 2 aromatic rings. The molecule has 3 rings (SSSR count). The van der Waals surface area contributed by atoms with Gasteiger partial charge >= 0.3 is 0 Å². The van der Waals surface area contributed by atoms with Crippen molar-refractivity contribution in [1.29, 1.82) is 0 Å². The molecule has 2 aromatic heterocycles. The second-order valence-electron chi connectivity index (χ2n) is 10.2. The number of nitrogens with zero attached hydrogens (tertiary/aromatic N) is 4. The second-order valence-corrected chi connectivity index (χ2v) is 10.2. The number of nitrogens with one attached hydrogen (secondary N) is 1. The highest BCUT2D eigenvalue weighted by Gasteiger charge is 2.27. The van der Waals surface area contributed by atoms with Crippen LogP contribution in [0.2, 0.25) is 0 Å². The number of aromatic amines is 1. The van der Waals surface area contributed by atoms with Crippen molar-refractivity contribution in [2.24, 2.45) is 5.92 Å². The van der Waals surface area contributed by atoms with E-state index in [4.69, 9.17) is 0 Å². The van der Waals surface area contributed by atoms with Crippen LogP contribution in [0.4, 0.5) is 0 Å². The van der Waals surface area contributed by atoms with Crippen LogP contribution in [0.25, 0.3) is 0 Å². The Balaban J connectivity index is 1.59. The van der Waals surface area contributed by atoms with Gasteiger partial charge in [0.2, 0.25) is 0 Å². The molecular formula is C22H33N5O2. The van der Waals surface area contributed by atoms with Gasteiger partial charge in [0, 0.05) is 42.2 Å². The Morgan fingerprint density at radius 1 is 1.10 bits per heavy atom. The number of hydrogen-bond acceptors (Lipinski definition) is 4. The Morgan fingerprint density at radius 2 is 1.76 bits per heavy atom. The van der Waals surface area contributed by atoms with Gasteiger partial charge in [-0.15, -0.1) is 0 Å². The van der Waals surface area contributed by atoms with Crippen LogP contribution in [-0.4, -0.2) is 43.6 Å². The molecule has 0 atom stereocenters. The van der Waals surface area contributed by atoms with Gasteiger partial charge in [-0.2, -0.15) is 5.10 Å². The van der Waals surface area contributed by atoms with E-state index in [0.29, 0.717) is 31.2 Å². The van der Waals surface area contributed by atoms with E-state index in [2.05, 4.69) is 56.7 Å². The molecule has 1 aliphatic heterocycles. The van der Waals surface area contributed by atoms with Gasteiger partial charge in [-0.1, -0.05) is 41.5 Å². The van der Waals surface area contributed by atoms with Gasteiger partial charge in [0.25, 0.3) is 11.5 Å². The number of rotatable bonds is 3. The monoisotopic (exact) mass is 399 g/mol. The Bertz CT molecular complexity index is 922. The molecular weight excluding hydrogens is 366 g/mol. The zero-order chi connectivity index (χ0) is 21.4. The summed E-state index contributed by atoms with van der Waals surface area (Å²) in [4.78, 5) is 31.5. The highest BCUT2D eigenvalue weighted by Crippen LogP contribution is 2.23. The van der Waals surface area contributed by atoms with Crippen LogP contribution in [0.15, 0.2) is 23.3 Å². The van der Waals surface area contributed by atoms with Gasteiger partial charge in [0.15, 0.2) is 0 Å². The van der Waals surface area contributed by atoms with E-state index in [1.165, 1.54) is 0 Å². The van der Waals surface area contributed by atoms with Gasteiger partial charge in [-0.25, -0.2) is 4.98 Å². The lowest BCUT2D eigenvalue weighted by Gasteiger charge is -2.31. The molecule has 0 radical (unpaired) electrons. The zero-order valence-corrected chi connectivity index (χ0v) is 18.5. The topological polar surface area (TPSA) is 83.9 Å². The fourth-order valence-electron chi connectivity index (χ4n) is 3.55. The third-order valence-corrected chi connectivity index (χ3v) is 5.61. The summed E-state index contributed by atoms with van der Waals surface area (Å²) in [7, 11) is 0. The summed E-state index contributed by atoms with van der Waals surface area (Å²) in [6.45, 7) is 14.4. The summed E-state index contributed by atoms with van der Waals surface area (Å²) in [5.74, 6) is 0.340. The highest BCUT2D eigenvalue weighted by atomic mass is 16.2. The molecule has 0 saturated carbocycles. The number of hydrogen-bond donors (Lipinski definition) is 1. The summed E-state index contributed by atoms with van der Waals surface area (Å²) in [6.07, 6.45) is 3.41. The highest BCUT2D eigenvalue weighted by molar-refractivity contribution is 5.92. The first-order chi connectivity index (χ1) is 13.4. The van der Waals surface area contributed by atoms with Crippen molar-refractivity contribution >= 4 is 5.91 Å². The maximum atomic E-state index is 12.8. The quantitative estimate of drug-likeness (QED) is 0.859. The van der Waals surface area contributed by atoms with Crippen molar-refractivity contribution in [3.8, 4) is 0 Å². The number of likely N-dealkylation sites (tertiary alicyclic amines) is 1. The smallest absolute Gasteiger partial charge is 0.274 e. The van der Waals surface area contributed by atoms with Crippen molar-refractivity contribution in [2.75, 3.05) is 13.1 Å². The average molecular weight is 400 g/mol. The Morgan fingerprint density at radius 3 is 2.28 bits per heavy atom. The normalized spacial score (nSPS) is 16.3. The number of carbonyl (C=O) groups excluding carboxylic acids is 1. The lowest BCUT2D eigenvalue weighted by molar-refractivity contribution is 0.0676. The van der Waals surface area contributed by atoms with Crippen molar-refractivity contribution in [1.82, 2.24) is 24.6 Å². The SMILES string of the molecule is CC(C)(C)c1cc(=O)n(CC2CCN(C(=O)c3cc(C(C)(C)C)[nH]n3)CC2)cn1. The molecule has 3 heterocycles. The van der Waals surface area contributed by atoms with Gasteiger partial charge in [-0.05, 0) is 24.8 Å². The molecule has 1 saturated heterocycles. The largest absolute Gasteiger partial charge is 0.337 e. The van der Waals surface area contributed by atoms with Gasteiger partial charge in [0.1, 0.15) is 5.69 Å². The first kappa shape index (κ1) is 21.3. The van der Waals surface area contributed by atoms with Gasteiger partial charge in [-0.3, -0.25) is 19.3 Å². The minimum absolute atomic E-state index is 0.00494. The summed E-state index contributed by atoms with van der Waals surface area (Å²) in [5, 5.41) is 7.20. The van der Waals surface area contributed by atoms with Gasteiger partial charge < -0.3 is 4.90 Å². The van der Waals surface area contributed by atoms with E-state index in [1.807, 2.05) is 11.0 Å². The molecule has 1 N–H and O–H groups in total. The van der Waals surface area contributed by atoms with E-state index >= 15 is 0 Å². The average Bonchev–Trinajstić information content (AvgIpc) is 3.13. The summed E-state index contributed by atoms with van der Waals surface area (Å²) >= 11 is 0. The molecule has 0 aliphatic carbocycles. The first-order valence-corrected chi connectivity index (χ1v) is 10.4. The molecule has 0 bridgehead atoms. The maximum Gasteiger partial charge on any atom is 0.274 e. The van der Waals surface area contributed by atoms with E-state index in [-0.39, 0.29) is 22.3 Å². The van der Waals surface area contributed by atoms with Crippen LogP contribution >= 0.6 is 0 Å². The lowest BCUT2D eigenvalue weighted by atomic mass is 9.92. The number of amides is 1. The minimum Gasteiger partial charge on any atom is -0.337 e. The molecule has 1 fully saturated rings. The molecule has 0 aromatic carbocycles. The van der Waals surface area contributed by atoms with Crippen LogP contribution in [0.3, 0.4) is 0 Å². The van der Waals surface area contributed by atoms with Crippen molar-refractivity contribution in [2.45, 2.75) is 71.8 Å².